The number of halogens is 1. The summed E-state index contributed by atoms with van der Waals surface area (Å²) >= 11 is 6.11. The van der Waals surface area contributed by atoms with Gasteiger partial charge in [-0.2, -0.15) is 0 Å². The molecule has 1 aliphatic heterocycles. The predicted molar refractivity (Wildman–Crippen MR) is 92.7 cm³/mol. The Kier molecular flexibility index (Phi) is 6.28. The topological polar surface area (TPSA) is 35.6 Å². The lowest BCUT2D eigenvalue weighted by Gasteiger charge is -2.36. The van der Waals surface area contributed by atoms with Crippen LogP contribution in [0, 0.1) is 6.92 Å². The van der Waals surface area contributed by atoms with Gasteiger partial charge < -0.3 is 10.2 Å². The smallest absolute Gasteiger partial charge is 0.243 e. The van der Waals surface area contributed by atoms with Crippen LogP contribution in [0.15, 0.2) is 30.9 Å². The molecule has 0 saturated carbocycles. The lowest BCUT2D eigenvalue weighted by atomic mass is 10.1. The zero-order valence-electron chi connectivity index (χ0n) is 13.1. The standard InChI is InChI=1S/C17H24ClN3O/c1-3-17(22)19-7-4-8-20-9-11-21(12-10-20)16-13-15(18)6-5-14(16)2/h3,5-6,13H,1,4,7-12H2,2H3,(H,19,22). The van der Waals surface area contributed by atoms with Gasteiger partial charge in [-0.3, -0.25) is 9.69 Å². The molecule has 1 N–H and O–H groups in total. The zero-order chi connectivity index (χ0) is 15.9. The summed E-state index contributed by atoms with van der Waals surface area (Å²) in [4.78, 5) is 15.9. The molecule has 0 radical (unpaired) electrons. The summed E-state index contributed by atoms with van der Waals surface area (Å²) in [6.45, 7) is 11.4. The van der Waals surface area contributed by atoms with E-state index in [2.05, 4.69) is 40.8 Å². The number of anilines is 1. The van der Waals surface area contributed by atoms with Gasteiger partial charge in [0.25, 0.3) is 0 Å². The van der Waals surface area contributed by atoms with E-state index in [-0.39, 0.29) is 5.91 Å². The fourth-order valence-electron chi connectivity index (χ4n) is 2.72. The van der Waals surface area contributed by atoms with Crippen LogP contribution in [0.2, 0.25) is 5.02 Å². The molecule has 0 unspecified atom stereocenters. The fourth-order valence-corrected chi connectivity index (χ4v) is 2.89. The van der Waals surface area contributed by atoms with Crippen LogP contribution < -0.4 is 10.2 Å². The van der Waals surface area contributed by atoms with E-state index in [4.69, 9.17) is 11.6 Å². The third-order valence-corrected chi connectivity index (χ3v) is 4.26. The monoisotopic (exact) mass is 321 g/mol. The molecule has 0 spiro atoms. The van der Waals surface area contributed by atoms with E-state index in [0.29, 0.717) is 6.54 Å². The van der Waals surface area contributed by atoms with Crippen LogP contribution in [0.25, 0.3) is 0 Å². The second kappa shape index (κ2) is 8.20. The molecule has 4 nitrogen and oxygen atoms in total. The van der Waals surface area contributed by atoms with E-state index >= 15 is 0 Å². The van der Waals surface area contributed by atoms with Crippen molar-refractivity contribution >= 4 is 23.2 Å². The number of carbonyl (C=O) groups is 1. The average molecular weight is 322 g/mol. The Balaban J connectivity index is 1.75. The number of piperazine rings is 1. The third-order valence-electron chi connectivity index (χ3n) is 4.02. The molecule has 120 valence electrons. The van der Waals surface area contributed by atoms with Gasteiger partial charge in [0.15, 0.2) is 0 Å². The van der Waals surface area contributed by atoms with Gasteiger partial charge in [-0.15, -0.1) is 0 Å². The minimum atomic E-state index is -0.0961. The Morgan fingerprint density at radius 1 is 1.36 bits per heavy atom. The van der Waals surface area contributed by atoms with Gasteiger partial charge in [-0.05, 0) is 43.7 Å². The molecule has 22 heavy (non-hydrogen) atoms. The highest BCUT2D eigenvalue weighted by atomic mass is 35.5. The summed E-state index contributed by atoms with van der Waals surface area (Å²) in [5, 5.41) is 3.60. The second-order valence-electron chi connectivity index (χ2n) is 5.61. The summed E-state index contributed by atoms with van der Waals surface area (Å²) in [5.74, 6) is -0.0961. The lowest BCUT2D eigenvalue weighted by Crippen LogP contribution is -2.47. The van der Waals surface area contributed by atoms with Gasteiger partial charge in [0, 0.05) is 43.4 Å². The summed E-state index contributed by atoms with van der Waals surface area (Å²) in [6.07, 6.45) is 2.28. The Morgan fingerprint density at radius 3 is 2.77 bits per heavy atom. The molecule has 1 aromatic carbocycles. The van der Waals surface area contributed by atoms with Crippen LogP contribution >= 0.6 is 11.6 Å². The first-order valence-corrected chi connectivity index (χ1v) is 8.11. The highest BCUT2D eigenvalue weighted by molar-refractivity contribution is 6.30. The Labute approximate surface area is 137 Å². The number of amides is 1. The van der Waals surface area contributed by atoms with Gasteiger partial charge in [0.1, 0.15) is 0 Å². The normalized spacial score (nSPS) is 15.6. The summed E-state index contributed by atoms with van der Waals surface area (Å²) in [7, 11) is 0. The number of rotatable bonds is 6. The first-order chi connectivity index (χ1) is 10.6. The van der Waals surface area contributed by atoms with Gasteiger partial charge >= 0.3 is 0 Å². The first kappa shape index (κ1) is 16.8. The molecule has 5 heteroatoms. The van der Waals surface area contributed by atoms with Crippen molar-refractivity contribution in [1.29, 1.82) is 0 Å². The number of hydrogen-bond acceptors (Lipinski definition) is 3. The molecule has 0 bridgehead atoms. The predicted octanol–water partition coefficient (Wildman–Crippen LogP) is 2.46. The maximum Gasteiger partial charge on any atom is 0.243 e. The maximum absolute atomic E-state index is 11.1. The molecule has 1 aromatic rings. The second-order valence-corrected chi connectivity index (χ2v) is 6.04. The summed E-state index contributed by atoms with van der Waals surface area (Å²) in [5.41, 5.74) is 2.51. The Hall–Kier alpha value is -1.52. The van der Waals surface area contributed by atoms with Gasteiger partial charge in [0.05, 0.1) is 0 Å². The van der Waals surface area contributed by atoms with E-state index in [1.807, 2.05) is 6.07 Å². The number of benzene rings is 1. The van der Waals surface area contributed by atoms with Crippen molar-refractivity contribution in [3.63, 3.8) is 0 Å². The lowest BCUT2D eigenvalue weighted by molar-refractivity contribution is -0.116. The van der Waals surface area contributed by atoms with E-state index in [1.165, 1.54) is 17.3 Å². The molecule has 0 atom stereocenters. The van der Waals surface area contributed by atoms with Crippen LogP contribution in [0.3, 0.4) is 0 Å². The van der Waals surface area contributed by atoms with Crippen molar-refractivity contribution in [2.75, 3.05) is 44.2 Å². The number of aryl methyl sites for hydroxylation is 1. The van der Waals surface area contributed by atoms with Crippen molar-refractivity contribution in [3.8, 4) is 0 Å². The Bertz CT molecular complexity index is 525. The van der Waals surface area contributed by atoms with Crippen LogP contribution in [0.5, 0.6) is 0 Å². The molecule has 1 aliphatic rings. The number of nitrogens with one attached hydrogen (secondary N) is 1. The van der Waals surface area contributed by atoms with Gasteiger partial charge in [-0.25, -0.2) is 0 Å². The molecular formula is C17H24ClN3O. The first-order valence-electron chi connectivity index (χ1n) is 7.74. The van der Waals surface area contributed by atoms with Crippen molar-refractivity contribution in [2.45, 2.75) is 13.3 Å². The minimum Gasteiger partial charge on any atom is -0.369 e. The summed E-state index contributed by atoms with van der Waals surface area (Å²) in [6, 6.07) is 6.07. The van der Waals surface area contributed by atoms with Crippen molar-refractivity contribution < 1.29 is 4.79 Å². The highest BCUT2D eigenvalue weighted by Crippen LogP contribution is 2.25. The van der Waals surface area contributed by atoms with Crippen molar-refractivity contribution in [2.24, 2.45) is 0 Å². The van der Waals surface area contributed by atoms with Crippen LogP contribution in [0.1, 0.15) is 12.0 Å². The quantitative estimate of drug-likeness (QED) is 0.646. The number of nitrogens with zero attached hydrogens (tertiary/aromatic N) is 2. The fraction of sp³-hybridized carbons (Fsp3) is 0.471. The van der Waals surface area contributed by atoms with Gasteiger partial charge in [0.2, 0.25) is 5.91 Å². The maximum atomic E-state index is 11.1. The van der Waals surface area contributed by atoms with E-state index < -0.39 is 0 Å². The van der Waals surface area contributed by atoms with Gasteiger partial charge in [-0.1, -0.05) is 24.2 Å². The van der Waals surface area contributed by atoms with Crippen LogP contribution in [-0.4, -0.2) is 50.1 Å². The molecule has 0 aromatic heterocycles. The molecule has 1 fully saturated rings. The SMILES string of the molecule is C=CC(=O)NCCCN1CCN(c2cc(Cl)ccc2C)CC1. The number of hydrogen-bond donors (Lipinski definition) is 1. The molecule has 1 saturated heterocycles. The molecule has 0 aliphatic carbocycles. The van der Waals surface area contributed by atoms with Crippen LogP contribution in [0.4, 0.5) is 5.69 Å². The van der Waals surface area contributed by atoms with Crippen molar-refractivity contribution in [3.05, 3.63) is 41.4 Å². The van der Waals surface area contributed by atoms with Crippen LogP contribution in [-0.2, 0) is 4.79 Å². The molecule has 1 amide bonds. The molecular weight excluding hydrogens is 298 g/mol. The zero-order valence-corrected chi connectivity index (χ0v) is 13.9. The van der Waals surface area contributed by atoms with Crippen molar-refractivity contribution in [1.82, 2.24) is 10.2 Å². The van der Waals surface area contributed by atoms with E-state index in [9.17, 15) is 4.79 Å². The minimum absolute atomic E-state index is 0.0961. The average Bonchev–Trinajstić information content (AvgIpc) is 2.54. The number of carbonyl (C=O) groups excluding carboxylic acids is 1. The molecule has 1 heterocycles. The molecule has 2 rings (SSSR count). The summed E-state index contributed by atoms with van der Waals surface area (Å²) < 4.78 is 0. The Morgan fingerprint density at radius 2 is 2.09 bits per heavy atom. The van der Waals surface area contributed by atoms with E-state index in [0.717, 1.165) is 44.2 Å². The highest BCUT2D eigenvalue weighted by Gasteiger charge is 2.18. The third kappa shape index (κ3) is 4.75. The largest absolute Gasteiger partial charge is 0.369 e. The van der Waals surface area contributed by atoms with E-state index in [1.54, 1.807) is 0 Å².